The van der Waals surface area contributed by atoms with Gasteiger partial charge < -0.3 is 5.32 Å². The van der Waals surface area contributed by atoms with E-state index < -0.39 is 4.92 Å². The van der Waals surface area contributed by atoms with Gasteiger partial charge in [-0.15, -0.1) is 0 Å². The molecule has 0 saturated heterocycles. The van der Waals surface area contributed by atoms with Crippen LogP contribution >= 0.6 is 0 Å². The molecule has 0 atom stereocenters. The van der Waals surface area contributed by atoms with Crippen molar-refractivity contribution < 1.29 is 4.92 Å². The fourth-order valence-electron chi connectivity index (χ4n) is 3.09. The van der Waals surface area contributed by atoms with Crippen molar-refractivity contribution in [2.24, 2.45) is 0 Å². The van der Waals surface area contributed by atoms with Crippen molar-refractivity contribution in [3.63, 3.8) is 0 Å². The second kappa shape index (κ2) is 14.1. The van der Waals surface area contributed by atoms with Crippen LogP contribution < -0.4 is 5.32 Å². The molecule has 1 rings (SSSR count). The summed E-state index contributed by atoms with van der Waals surface area (Å²) in [4.78, 5) is 10.3. The Balaban J connectivity index is 2.03. The van der Waals surface area contributed by atoms with Gasteiger partial charge in [0.15, 0.2) is 0 Å². The Morgan fingerprint density at radius 2 is 1.50 bits per heavy atom. The first kappa shape index (κ1) is 22.0. The summed E-state index contributed by atoms with van der Waals surface area (Å²) in [5.74, 6) is 0. The lowest BCUT2D eigenvalue weighted by Crippen LogP contribution is -2.02. The Bertz CT molecular complexity index is 567. The second-order valence-electron chi connectivity index (χ2n) is 6.92. The van der Waals surface area contributed by atoms with E-state index in [-0.39, 0.29) is 11.3 Å². The molecule has 5 heteroatoms. The van der Waals surface area contributed by atoms with Gasteiger partial charge in [0.1, 0.15) is 11.6 Å². The van der Waals surface area contributed by atoms with E-state index >= 15 is 0 Å². The van der Waals surface area contributed by atoms with Crippen LogP contribution in [0.15, 0.2) is 18.2 Å². The monoisotopic (exact) mass is 359 g/mol. The van der Waals surface area contributed by atoms with E-state index in [4.69, 9.17) is 5.26 Å². The molecule has 0 aliphatic rings. The van der Waals surface area contributed by atoms with Crippen molar-refractivity contribution in [1.82, 2.24) is 0 Å². The molecule has 1 N–H and O–H groups in total. The summed E-state index contributed by atoms with van der Waals surface area (Å²) in [5, 5.41) is 23.1. The van der Waals surface area contributed by atoms with E-state index in [0.717, 1.165) is 18.7 Å². The highest BCUT2D eigenvalue weighted by molar-refractivity contribution is 5.58. The minimum atomic E-state index is -0.520. The van der Waals surface area contributed by atoms with Gasteiger partial charge in [0.05, 0.1) is 4.92 Å². The van der Waals surface area contributed by atoms with Gasteiger partial charge in [-0.3, -0.25) is 10.1 Å². The van der Waals surface area contributed by atoms with Crippen molar-refractivity contribution in [3.8, 4) is 6.07 Å². The Labute approximate surface area is 158 Å². The number of anilines is 1. The molecule has 0 unspecified atom stereocenters. The molecule has 0 aliphatic heterocycles. The Hall–Kier alpha value is -2.09. The van der Waals surface area contributed by atoms with Crippen LogP contribution in [-0.2, 0) is 0 Å². The Morgan fingerprint density at radius 3 is 2.00 bits per heavy atom. The maximum absolute atomic E-state index is 10.8. The van der Waals surface area contributed by atoms with Gasteiger partial charge in [-0.05, 0) is 18.6 Å². The van der Waals surface area contributed by atoms with E-state index in [1.807, 2.05) is 6.07 Å². The van der Waals surface area contributed by atoms with Crippen LogP contribution in [0.4, 0.5) is 11.4 Å². The fraction of sp³-hybridized carbons (Fsp3) is 0.667. The van der Waals surface area contributed by atoms with E-state index in [0.29, 0.717) is 0 Å². The lowest BCUT2D eigenvalue weighted by atomic mass is 10.1. The highest BCUT2D eigenvalue weighted by Gasteiger charge is 2.13. The molecule has 0 fully saturated rings. The maximum atomic E-state index is 10.8. The summed E-state index contributed by atoms with van der Waals surface area (Å²) in [6.07, 6.45) is 15.8. The third-order valence-electron chi connectivity index (χ3n) is 4.67. The van der Waals surface area contributed by atoms with Crippen molar-refractivity contribution in [3.05, 3.63) is 33.9 Å². The molecule has 0 saturated carbocycles. The van der Waals surface area contributed by atoms with Gasteiger partial charge in [-0.2, -0.15) is 5.26 Å². The summed E-state index contributed by atoms with van der Waals surface area (Å²) >= 11 is 0. The molecule has 0 heterocycles. The minimum Gasteiger partial charge on any atom is -0.385 e. The summed E-state index contributed by atoms with van der Waals surface area (Å²) in [7, 11) is 0. The predicted molar refractivity (Wildman–Crippen MR) is 107 cm³/mol. The van der Waals surface area contributed by atoms with Crippen LogP contribution in [0.2, 0.25) is 0 Å². The van der Waals surface area contributed by atoms with E-state index in [9.17, 15) is 10.1 Å². The summed E-state index contributed by atoms with van der Waals surface area (Å²) in [6.45, 7) is 3.09. The van der Waals surface area contributed by atoms with Gasteiger partial charge in [-0.1, -0.05) is 77.6 Å². The van der Waals surface area contributed by atoms with Crippen molar-refractivity contribution in [2.45, 2.75) is 84.0 Å². The molecular weight excluding hydrogens is 326 g/mol. The Kier molecular flexibility index (Phi) is 11.9. The summed E-state index contributed by atoms with van der Waals surface area (Å²) in [5.41, 5.74) is 0.744. The number of nitrogens with one attached hydrogen (secondary N) is 1. The lowest BCUT2D eigenvalue weighted by Gasteiger charge is -2.07. The fourth-order valence-corrected chi connectivity index (χ4v) is 3.09. The highest BCUT2D eigenvalue weighted by atomic mass is 16.6. The molecule has 0 aliphatic carbocycles. The second-order valence-corrected chi connectivity index (χ2v) is 6.92. The predicted octanol–water partition coefficient (Wildman–Crippen LogP) is 6.58. The molecule has 1 aromatic rings. The number of unbranched alkanes of at least 4 members (excludes halogenated alkanes) is 11. The average Bonchev–Trinajstić information content (AvgIpc) is 2.65. The van der Waals surface area contributed by atoms with Crippen LogP contribution in [0.1, 0.15) is 89.5 Å². The number of hydrogen-bond donors (Lipinski definition) is 1. The summed E-state index contributed by atoms with van der Waals surface area (Å²) < 4.78 is 0. The van der Waals surface area contributed by atoms with Crippen LogP contribution in [0.25, 0.3) is 0 Å². The molecular formula is C21H33N3O2. The minimum absolute atomic E-state index is 0.106. The van der Waals surface area contributed by atoms with Crippen LogP contribution in [0, 0.1) is 21.4 Å². The first-order valence-corrected chi connectivity index (χ1v) is 10.1. The number of rotatable bonds is 15. The van der Waals surface area contributed by atoms with Crippen molar-refractivity contribution in [1.29, 1.82) is 5.26 Å². The number of hydrogen-bond acceptors (Lipinski definition) is 4. The standard InChI is InChI=1S/C21H33N3O2/c1-2-3-4-5-6-7-8-9-10-11-12-13-16-23-20-14-15-21(24(25)26)19(17-20)18-22/h14-15,17,23H,2-13,16H2,1H3. The van der Waals surface area contributed by atoms with E-state index in [1.54, 1.807) is 12.1 Å². The molecule has 0 aromatic heterocycles. The molecule has 0 spiro atoms. The third-order valence-corrected chi connectivity index (χ3v) is 4.67. The van der Waals surface area contributed by atoms with E-state index in [2.05, 4.69) is 12.2 Å². The van der Waals surface area contributed by atoms with Gasteiger partial charge in [-0.25, -0.2) is 0 Å². The zero-order valence-corrected chi connectivity index (χ0v) is 16.1. The number of nitro groups is 1. The Morgan fingerprint density at radius 1 is 0.962 bits per heavy atom. The maximum Gasteiger partial charge on any atom is 0.287 e. The number of nitrogens with zero attached hydrogens (tertiary/aromatic N) is 2. The van der Waals surface area contributed by atoms with Crippen molar-refractivity contribution >= 4 is 11.4 Å². The first-order valence-electron chi connectivity index (χ1n) is 10.1. The molecule has 26 heavy (non-hydrogen) atoms. The molecule has 0 bridgehead atoms. The van der Waals surface area contributed by atoms with Gasteiger partial charge in [0.2, 0.25) is 0 Å². The number of benzene rings is 1. The molecule has 144 valence electrons. The van der Waals surface area contributed by atoms with Crippen molar-refractivity contribution in [2.75, 3.05) is 11.9 Å². The smallest absolute Gasteiger partial charge is 0.287 e. The molecule has 1 aromatic carbocycles. The summed E-state index contributed by atoms with van der Waals surface area (Å²) in [6, 6.07) is 6.50. The van der Waals surface area contributed by atoms with Gasteiger partial charge >= 0.3 is 0 Å². The lowest BCUT2D eigenvalue weighted by molar-refractivity contribution is -0.385. The van der Waals surface area contributed by atoms with E-state index in [1.165, 1.54) is 76.7 Å². The van der Waals surface area contributed by atoms with Crippen LogP contribution in [-0.4, -0.2) is 11.5 Å². The van der Waals surface area contributed by atoms with Gasteiger partial charge in [0.25, 0.3) is 5.69 Å². The molecule has 5 nitrogen and oxygen atoms in total. The quantitative estimate of drug-likeness (QED) is 0.218. The zero-order valence-electron chi connectivity index (χ0n) is 16.1. The normalized spacial score (nSPS) is 10.5. The molecule has 0 amide bonds. The van der Waals surface area contributed by atoms with Crippen LogP contribution in [0.3, 0.4) is 0 Å². The molecule has 0 radical (unpaired) electrons. The largest absolute Gasteiger partial charge is 0.385 e. The zero-order chi connectivity index (χ0) is 19.0. The third kappa shape index (κ3) is 9.41. The van der Waals surface area contributed by atoms with Crippen LogP contribution in [0.5, 0.6) is 0 Å². The highest BCUT2D eigenvalue weighted by Crippen LogP contribution is 2.22. The number of nitro benzene ring substituents is 1. The topological polar surface area (TPSA) is 79.0 Å². The number of nitriles is 1. The average molecular weight is 360 g/mol. The SMILES string of the molecule is CCCCCCCCCCCCCCNc1ccc([N+](=O)[O-])c(C#N)c1. The first-order chi connectivity index (χ1) is 12.7. The van der Waals surface area contributed by atoms with Gasteiger partial charge in [0, 0.05) is 18.3 Å².